The third-order valence-corrected chi connectivity index (χ3v) is 2.48. The van der Waals surface area contributed by atoms with Gasteiger partial charge in [-0.3, -0.25) is 4.79 Å². The van der Waals surface area contributed by atoms with Gasteiger partial charge in [0.1, 0.15) is 5.82 Å². The second-order valence-corrected chi connectivity index (χ2v) is 3.98. The third-order valence-electron chi connectivity index (χ3n) is 2.48. The van der Waals surface area contributed by atoms with Crippen molar-refractivity contribution in [1.29, 1.82) is 0 Å². The average molecular weight is 238 g/mol. The Morgan fingerprint density at radius 3 is 2.88 bits per heavy atom. The highest BCUT2D eigenvalue weighted by atomic mass is 19.1. The molecule has 0 atom stereocenters. The molecule has 1 aromatic rings. The second kappa shape index (κ2) is 7.79. The van der Waals surface area contributed by atoms with Crippen LogP contribution < -0.4 is 11.1 Å². The van der Waals surface area contributed by atoms with Crippen LogP contribution in [0.25, 0.3) is 0 Å². The van der Waals surface area contributed by atoms with Crippen molar-refractivity contribution in [2.24, 2.45) is 5.73 Å². The minimum atomic E-state index is -0.239. The van der Waals surface area contributed by atoms with Crippen LogP contribution in [0.1, 0.15) is 24.8 Å². The van der Waals surface area contributed by atoms with E-state index in [1.165, 1.54) is 12.1 Å². The predicted molar refractivity (Wildman–Crippen MR) is 66.0 cm³/mol. The molecule has 17 heavy (non-hydrogen) atoms. The fourth-order valence-corrected chi connectivity index (χ4v) is 1.56. The molecule has 0 saturated carbocycles. The summed E-state index contributed by atoms with van der Waals surface area (Å²) in [5.41, 5.74) is 6.23. The molecule has 3 nitrogen and oxygen atoms in total. The Balaban J connectivity index is 2.17. The molecule has 3 N–H and O–H groups in total. The molecule has 0 fully saturated rings. The Morgan fingerprint density at radius 1 is 1.35 bits per heavy atom. The first-order chi connectivity index (χ1) is 8.22. The minimum absolute atomic E-state index is 0.0369. The van der Waals surface area contributed by atoms with Gasteiger partial charge in [-0.1, -0.05) is 12.1 Å². The lowest BCUT2D eigenvalue weighted by Crippen LogP contribution is -2.25. The molecule has 4 heteroatoms. The van der Waals surface area contributed by atoms with Gasteiger partial charge in [-0.15, -0.1) is 0 Å². The molecule has 0 radical (unpaired) electrons. The summed E-state index contributed by atoms with van der Waals surface area (Å²) in [7, 11) is 0. The quantitative estimate of drug-likeness (QED) is 0.709. The highest BCUT2D eigenvalue weighted by Gasteiger charge is 2.00. The zero-order chi connectivity index (χ0) is 12.5. The highest BCUT2D eigenvalue weighted by molar-refractivity contribution is 5.75. The summed E-state index contributed by atoms with van der Waals surface area (Å²) in [4.78, 5) is 11.3. The van der Waals surface area contributed by atoms with E-state index in [0.29, 0.717) is 25.9 Å². The summed E-state index contributed by atoms with van der Waals surface area (Å²) in [6, 6.07) is 6.42. The Morgan fingerprint density at radius 2 is 2.18 bits per heavy atom. The Bertz CT molecular complexity index is 355. The number of nitrogens with two attached hydrogens (primary N) is 1. The number of hydrogen-bond donors (Lipinski definition) is 2. The van der Waals surface area contributed by atoms with E-state index in [1.54, 1.807) is 6.07 Å². The van der Waals surface area contributed by atoms with Crippen LogP contribution in [-0.4, -0.2) is 19.0 Å². The third kappa shape index (κ3) is 6.02. The van der Waals surface area contributed by atoms with Crippen LogP contribution in [-0.2, 0) is 11.2 Å². The van der Waals surface area contributed by atoms with Crippen molar-refractivity contribution in [2.45, 2.75) is 25.7 Å². The van der Waals surface area contributed by atoms with Gasteiger partial charge in [0.25, 0.3) is 0 Å². The maximum Gasteiger partial charge on any atom is 0.220 e. The Labute approximate surface area is 101 Å². The number of hydrogen-bond acceptors (Lipinski definition) is 2. The van der Waals surface area contributed by atoms with E-state index in [2.05, 4.69) is 5.32 Å². The first-order valence-electron chi connectivity index (χ1n) is 5.93. The molecule has 1 amide bonds. The zero-order valence-electron chi connectivity index (χ0n) is 9.92. The molecule has 0 spiro atoms. The smallest absolute Gasteiger partial charge is 0.220 e. The molecule has 0 heterocycles. The standard InChI is InChI=1S/C13H19FN2O/c14-12-5-3-4-11(10-12)7-9-16-13(17)6-1-2-8-15/h3-5,10H,1-2,6-9,15H2,(H,16,17). The van der Waals surface area contributed by atoms with Crippen molar-refractivity contribution in [3.8, 4) is 0 Å². The van der Waals surface area contributed by atoms with Gasteiger partial charge in [-0.05, 0) is 43.5 Å². The lowest BCUT2D eigenvalue weighted by Gasteiger charge is -2.05. The number of unbranched alkanes of at least 4 members (excludes halogenated alkanes) is 1. The first kappa shape index (κ1) is 13.6. The van der Waals surface area contributed by atoms with Crippen LogP contribution >= 0.6 is 0 Å². The molecule has 0 aliphatic heterocycles. The molecular formula is C13H19FN2O. The van der Waals surface area contributed by atoms with E-state index in [-0.39, 0.29) is 11.7 Å². The van der Waals surface area contributed by atoms with E-state index >= 15 is 0 Å². The number of benzene rings is 1. The van der Waals surface area contributed by atoms with E-state index in [1.807, 2.05) is 6.07 Å². The molecule has 0 saturated heterocycles. The summed E-state index contributed by atoms with van der Waals surface area (Å²) in [5.74, 6) is -0.202. The first-order valence-corrected chi connectivity index (χ1v) is 5.93. The topological polar surface area (TPSA) is 55.1 Å². The lowest BCUT2D eigenvalue weighted by atomic mass is 10.1. The normalized spacial score (nSPS) is 10.2. The lowest BCUT2D eigenvalue weighted by molar-refractivity contribution is -0.121. The Kier molecular flexibility index (Phi) is 6.25. The van der Waals surface area contributed by atoms with Gasteiger partial charge in [-0.2, -0.15) is 0 Å². The van der Waals surface area contributed by atoms with E-state index in [4.69, 9.17) is 5.73 Å². The second-order valence-electron chi connectivity index (χ2n) is 3.98. The molecule has 0 bridgehead atoms. The molecule has 1 rings (SSSR count). The van der Waals surface area contributed by atoms with Crippen LogP contribution in [0.5, 0.6) is 0 Å². The molecule has 0 aliphatic rings. The van der Waals surface area contributed by atoms with Crippen LogP contribution in [0.4, 0.5) is 4.39 Å². The maximum absolute atomic E-state index is 12.9. The van der Waals surface area contributed by atoms with E-state index in [0.717, 1.165) is 18.4 Å². The summed E-state index contributed by atoms with van der Waals surface area (Å²) >= 11 is 0. The van der Waals surface area contributed by atoms with Crippen molar-refractivity contribution >= 4 is 5.91 Å². The average Bonchev–Trinajstić information content (AvgIpc) is 2.29. The number of amides is 1. The predicted octanol–water partition coefficient (Wildman–Crippen LogP) is 1.61. The van der Waals surface area contributed by atoms with Crippen LogP contribution in [0.15, 0.2) is 24.3 Å². The van der Waals surface area contributed by atoms with Crippen molar-refractivity contribution in [2.75, 3.05) is 13.1 Å². The highest BCUT2D eigenvalue weighted by Crippen LogP contribution is 2.03. The maximum atomic E-state index is 12.9. The van der Waals surface area contributed by atoms with Gasteiger partial charge in [0.15, 0.2) is 0 Å². The Hall–Kier alpha value is -1.42. The molecule has 0 aliphatic carbocycles. The van der Waals surface area contributed by atoms with Crippen LogP contribution in [0, 0.1) is 5.82 Å². The van der Waals surface area contributed by atoms with E-state index < -0.39 is 0 Å². The van der Waals surface area contributed by atoms with Crippen molar-refractivity contribution in [3.63, 3.8) is 0 Å². The number of carbonyl (C=O) groups is 1. The molecule has 94 valence electrons. The van der Waals surface area contributed by atoms with Gasteiger partial charge < -0.3 is 11.1 Å². The minimum Gasteiger partial charge on any atom is -0.356 e. The number of carbonyl (C=O) groups excluding carboxylic acids is 1. The summed E-state index contributed by atoms with van der Waals surface area (Å²) in [6.45, 7) is 1.17. The molecule has 0 aromatic heterocycles. The fourth-order valence-electron chi connectivity index (χ4n) is 1.56. The SMILES string of the molecule is NCCCCC(=O)NCCc1cccc(F)c1. The molecule has 0 unspecified atom stereocenters. The number of nitrogens with one attached hydrogen (secondary N) is 1. The summed E-state index contributed by atoms with van der Waals surface area (Å²) in [6.07, 6.45) is 2.86. The largest absolute Gasteiger partial charge is 0.356 e. The van der Waals surface area contributed by atoms with Gasteiger partial charge in [0, 0.05) is 13.0 Å². The van der Waals surface area contributed by atoms with Crippen LogP contribution in [0.3, 0.4) is 0 Å². The van der Waals surface area contributed by atoms with Gasteiger partial charge in [0.05, 0.1) is 0 Å². The van der Waals surface area contributed by atoms with Crippen molar-refractivity contribution in [1.82, 2.24) is 5.32 Å². The zero-order valence-corrected chi connectivity index (χ0v) is 9.92. The number of halogens is 1. The summed E-state index contributed by atoms with van der Waals surface area (Å²) < 4.78 is 12.9. The van der Waals surface area contributed by atoms with Gasteiger partial charge >= 0.3 is 0 Å². The van der Waals surface area contributed by atoms with E-state index in [9.17, 15) is 9.18 Å². The van der Waals surface area contributed by atoms with Crippen molar-refractivity contribution < 1.29 is 9.18 Å². The molecular weight excluding hydrogens is 219 g/mol. The molecule has 1 aromatic carbocycles. The van der Waals surface area contributed by atoms with Gasteiger partial charge in [0.2, 0.25) is 5.91 Å². The monoisotopic (exact) mass is 238 g/mol. The van der Waals surface area contributed by atoms with Crippen LogP contribution in [0.2, 0.25) is 0 Å². The fraction of sp³-hybridized carbons (Fsp3) is 0.462. The van der Waals surface area contributed by atoms with Gasteiger partial charge in [-0.25, -0.2) is 4.39 Å². The number of rotatable bonds is 7. The van der Waals surface area contributed by atoms with Crippen molar-refractivity contribution in [3.05, 3.63) is 35.6 Å². The summed E-state index contributed by atoms with van der Waals surface area (Å²) in [5, 5.41) is 2.81.